The van der Waals surface area contributed by atoms with E-state index in [9.17, 15) is 8.42 Å². The van der Waals surface area contributed by atoms with Gasteiger partial charge in [0, 0.05) is 26.7 Å². The lowest BCUT2D eigenvalue weighted by atomic mass is 10.1. The zero-order valence-corrected chi connectivity index (χ0v) is 18.5. The van der Waals surface area contributed by atoms with E-state index in [0.29, 0.717) is 19.6 Å². The third kappa shape index (κ3) is 4.31. The molecule has 142 valence electrons. The van der Waals surface area contributed by atoms with Crippen molar-refractivity contribution in [3.63, 3.8) is 0 Å². The number of rotatable bonds is 2. The van der Waals surface area contributed by atoms with E-state index >= 15 is 0 Å². The molecular formula is C19H26IN3O2S. The standard InChI is InChI=1S/C19H25N3O2S.HI/c1-19(2)14-22(10-11-25(19,23)24)18(20-3)21-13-15-8-9-16-6-4-5-7-17(16)12-15;/h4-9,12H,10-11,13-14H2,1-3H3,(H,20,21);1H. The summed E-state index contributed by atoms with van der Waals surface area (Å²) in [5.41, 5.74) is 1.17. The molecule has 0 saturated carbocycles. The number of hydrogen-bond acceptors (Lipinski definition) is 3. The molecule has 1 aliphatic rings. The number of hydrogen-bond donors (Lipinski definition) is 1. The van der Waals surface area contributed by atoms with Crippen molar-refractivity contribution < 1.29 is 8.42 Å². The van der Waals surface area contributed by atoms with Gasteiger partial charge in [-0.2, -0.15) is 0 Å². The molecule has 0 radical (unpaired) electrons. The van der Waals surface area contributed by atoms with Crippen LogP contribution >= 0.6 is 24.0 Å². The third-order valence-corrected chi connectivity index (χ3v) is 7.35. The van der Waals surface area contributed by atoms with Crippen molar-refractivity contribution in [2.45, 2.75) is 25.1 Å². The van der Waals surface area contributed by atoms with Gasteiger partial charge in [0.05, 0.1) is 10.5 Å². The molecule has 3 rings (SSSR count). The number of sulfone groups is 1. The first-order valence-corrected chi connectivity index (χ1v) is 10.1. The van der Waals surface area contributed by atoms with Crippen molar-refractivity contribution in [2.75, 3.05) is 25.9 Å². The smallest absolute Gasteiger partial charge is 0.193 e. The fourth-order valence-electron chi connectivity index (χ4n) is 3.19. The van der Waals surface area contributed by atoms with Crippen LogP contribution in [0.25, 0.3) is 10.8 Å². The fraction of sp³-hybridized carbons (Fsp3) is 0.421. The minimum absolute atomic E-state index is 0. The van der Waals surface area contributed by atoms with Gasteiger partial charge in [-0.1, -0.05) is 36.4 Å². The molecule has 5 nitrogen and oxygen atoms in total. The Morgan fingerprint density at radius 1 is 1.19 bits per heavy atom. The molecule has 0 bridgehead atoms. The predicted octanol–water partition coefficient (Wildman–Crippen LogP) is 3.04. The fourth-order valence-corrected chi connectivity index (χ4v) is 4.55. The van der Waals surface area contributed by atoms with Crippen molar-refractivity contribution in [1.29, 1.82) is 0 Å². The number of fused-ring (bicyclic) bond motifs is 1. The lowest BCUT2D eigenvalue weighted by Crippen LogP contribution is -2.57. The van der Waals surface area contributed by atoms with E-state index < -0.39 is 14.6 Å². The lowest BCUT2D eigenvalue weighted by molar-refractivity contribution is 0.353. The average molecular weight is 487 g/mol. The van der Waals surface area contributed by atoms with Crippen LogP contribution in [-0.4, -0.2) is 49.9 Å². The van der Waals surface area contributed by atoms with Gasteiger partial charge in [0.25, 0.3) is 0 Å². The van der Waals surface area contributed by atoms with Crippen LogP contribution in [-0.2, 0) is 16.4 Å². The molecule has 0 amide bonds. The molecule has 0 spiro atoms. The second-order valence-corrected chi connectivity index (χ2v) is 9.83. The van der Waals surface area contributed by atoms with Gasteiger partial charge in [-0.25, -0.2) is 8.42 Å². The zero-order chi connectivity index (χ0) is 18.1. The Labute approximate surface area is 172 Å². The topological polar surface area (TPSA) is 61.8 Å². The Morgan fingerprint density at radius 3 is 2.54 bits per heavy atom. The lowest BCUT2D eigenvalue weighted by Gasteiger charge is -2.39. The normalized spacial score (nSPS) is 19.0. The van der Waals surface area contributed by atoms with Crippen LogP contribution in [0.5, 0.6) is 0 Å². The number of guanidine groups is 1. The monoisotopic (exact) mass is 487 g/mol. The highest BCUT2D eigenvalue weighted by molar-refractivity contribution is 14.0. The second kappa shape index (κ2) is 8.12. The molecule has 0 aliphatic carbocycles. The first kappa shape index (κ1) is 21.0. The summed E-state index contributed by atoms with van der Waals surface area (Å²) in [5.74, 6) is 0.910. The van der Waals surface area contributed by atoms with Crippen molar-refractivity contribution >= 4 is 50.5 Å². The molecule has 0 atom stereocenters. The Morgan fingerprint density at radius 2 is 1.88 bits per heavy atom. The van der Waals surface area contributed by atoms with Gasteiger partial charge in [-0.05, 0) is 36.2 Å². The van der Waals surface area contributed by atoms with E-state index in [1.165, 1.54) is 16.3 Å². The van der Waals surface area contributed by atoms with Crippen LogP contribution in [0.15, 0.2) is 47.5 Å². The summed E-state index contributed by atoms with van der Waals surface area (Å²) in [6, 6.07) is 14.7. The highest BCUT2D eigenvalue weighted by Crippen LogP contribution is 2.23. The van der Waals surface area contributed by atoms with E-state index in [4.69, 9.17) is 0 Å². The van der Waals surface area contributed by atoms with E-state index in [1.807, 2.05) is 17.0 Å². The largest absolute Gasteiger partial charge is 0.352 e. The first-order valence-electron chi connectivity index (χ1n) is 8.48. The predicted molar refractivity (Wildman–Crippen MR) is 119 cm³/mol. The number of benzene rings is 2. The van der Waals surface area contributed by atoms with Crippen LogP contribution in [0.2, 0.25) is 0 Å². The van der Waals surface area contributed by atoms with Crippen molar-refractivity contribution in [3.8, 4) is 0 Å². The quantitative estimate of drug-likeness (QED) is 0.402. The van der Waals surface area contributed by atoms with Crippen LogP contribution in [0.3, 0.4) is 0 Å². The molecule has 2 aromatic rings. The molecular weight excluding hydrogens is 461 g/mol. The minimum Gasteiger partial charge on any atom is -0.352 e. The van der Waals surface area contributed by atoms with E-state index in [0.717, 1.165) is 5.96 Å². The van der Waals surface area contributed by atoms with Gasteiger partial charge in [0.2, 0.25) is 0 Å². The summed E-state index contributed by atoms with van der Waals surface area (Å²) >= 11 is 0. The molecule has 0 unspecified atom stereocenters. The number of halogens is 1. The van der Waals surface area contributed by atoms with Crippen molar-refractivity contribution in [2.24, 2.45) is 4.99 Å². The molecule has 1 heterocycles. The maximum absolute atomic E-state index is 12.2. The number of nitrogens with zero attached hydrogens (tertiary/aromatic N) is 2. The molecule has 1 fully saturated rings. The second-order valence-electron chi connectivity index (χ2n) is 7.08. The molecule has 0 aromatic heterocycles. The van der Waals surface area contributed by atoms with Gasteiger partial charge in [0.15, 0.2) is 15.8 Å². The Bertz CT molecular complexity index is 910. The zero-order valence-electron chi connectivity index (χ0n) is 15.4. The Kier molecular flexibility index (Phi) is 6.55. The maximum Gasteiger partial charge on any atom is 0.193 e. The van der Waals surface area contributed by atoms with Gasteiger partial charge in [-0.3, -0.25) is 4.99 Å². The van der Waals surface area contributed by atoms with Crippen molar-refractivity contribution in [3.05, 3.63) is 48.0 Å². The first-order chi connectivity index (χ1) is 11.8. The summed E-state index contributed by atoms with van der Waals surface area (Å²) in [6.07, 6.45) is 0. The highest BCUT2D eigenvalue weighted by Gasteiger charge is 2.40. The molecule has 1 N–H and O–H groups in total. The van der Waals surface area contributed by atoms with Gasteiger partial charge >= 0.3 is 0 Å². The SMILES string of the molecule is CN=C(NCc1ccc2ccccc2c1)N1CCS(=O)(=O)C(C)(C)C1.I. The summed E-state index contributed by atoms with van der Waals surface area (Å²) in [5, 5.41) is 5.80. The molecule has 26 heavy (non-hydrogen) atoms. The van der Waals surface area contributed by atoms with E-state index in [-0.39, 0.29) is 29.7 Å². The maximum atomic E-state index is 12.2. The molecule has 1 aliphatic heterocycles. The number of nitrogens with one attached hydrogen (secondary N) is 1. The molecule has 7 heteroatoms. The summed E-state index contributed by atoms with van der Waals surface area (Å²) in [6.45, 7) is 5.15. The summed E-state index contributed by atoms with van der Waals surface area (Å²) in [4.78, 5) is 6.37. The van der Waals surface area contributed by atoms with Crippen LogP contribution in [0, 0.1) is 0 Å². The highest BCUT2D eigenvalue weighted by atomic mass is 127. The summed E-state index contributed by atoms with van der Waals surface area (Å²) in [7, 11) is -1.32. The van der Waals surface area contributed by atoms with Crippen molar-refractivity contribution in [1.82, 2.24) is 10.2 Å². The van der Waals surface area contributed by atoms with Crippen LogP contribution < -0.4 is 5.32 Å². The van der Waals surface area contributed by atoms with Crippen LogP contribution in [0.4, 0.5) is 0 Å². The minimum atomic E-state index is -3.05. The van der Waals surface area contributed by atoms with E-state index in [1.54, 1.807) is 20.9 Å². The molecule has 2 aromatic carbocycles. The average Bonchev–Trinajstić information content (AvgIpc) is 2.58. The van der Waals surface area contributed by atoms with Gasteiger partial charge in [-0.15, -0.1) is 24.0 Å². The van der Waals surface area contributed by atoms with Gasteiger partial charge in [0.1, 0.15) is 0 Å². The Hall–Kier alpha value is -1.35. The van der Waals surface area contributed by atoms with Crippen LogP contribution in [0.1, 0.15) is 19.4 Å². The molecule has 1 saturated heterocycles. The summed E-state index contributed by atoms with van der Waals surface area (Å²) < 4.78 is 23.6. The third-order valence-electron chi connectivity index (χ3n) is 4.82. The van der Waals surface area contributed by atoms with Gasteiger partial charge < -0.3 is 10.2 Å². The number of aliphatic imine (C=N–C) groups is 1. The van der Waals surface area contributed by atoms with E-state index in [2.05, 4.69) is 40.6 Å². The Balaban J connectivity index is 0.00000243.